The lowest BCUT2D eigenvalue weighted by atomic mass is 10.2. The number of amides is 1. The molecule has 1 amide bonds. The van der Waals surface area contributed by atoms with Gasteiger partial charge < -0.3 is 9.64 Å². The first-order valence-corrected chi connectivity index (χ1v) is 9.36. The molecule has 3 rings (SSSR count). The highest BCUT2D eigenvalue weighted by molar-refractivity contribution is 7.22. The number of benzene rings is 2. The van der Waals surface area contributed by atoms with Crippen molar-refractivity contribution in [1.29, 1.82) is 0 Å². The maximum Gasteiger partial charge on any atom is 0.260 e. The minimum Gasteiger partial charge on any atom is -0.497 e. The second-order valence-corrected chi connectivity index (χ2v) is 7.32. The normalized spacial score (nSPS) is 10.7. The van der Waals surface area contributed by atoms with Crippen LogP contribution in [0.3, 0.4) is 0 Å². The lowest BCUT2D eigenvalue weighted by Gasteiger charge is -2.21. The van der Waals surface area contributed by atoms with Gasteiger partial charge in [-0.05, 0) is 51.3 Å². The summed E-state index contributed by atoms with van der Waals surface area (Å²) in [6, 6.07) is 15.2. The van der Waals surface area contributed by atoms with Gasteiger partial charge in [-0.25, -0.2) is 4.98 Å². The molecular weight excluding hydrogens is 382 g/mol. The molecular formula is C20H24ClN3O2S. The SMILES string of the molecule is COc1ccc2sc(N(CCCN(C)C)C(=O)c3ccccc3)nc2c1.Cl. The van der Waals surface area contributed by atoms with Gasteiger partial charge in [-0.15, -0.1) is 12.4 Å². The molecule has 2 aromatic carbocycles. The Morgan fingerprint density at radius 1 is 1.11 bits per heavy atom. The topological polar surface area (TPSA) is 45.7 Å². The lowest BCUT2D eigenvalue weighted by molar-refractivity contribution is 0.0986. The summed E-state index contributed by atoms with van der Waals surface area (Å²) in [7, 11) is 5.71. The molecule has 3 aromatic rings. The molecule has 0 aliphatic rings. The van der Waals surface area contributed by atoms with Crippen LogP contribution in [0.1, 0.15) is 16.8 Å². The molecule has 0 bridgehead atoms. The smallest absolute Gasteiger partial charge is 0.260 e. The number of fused-ring (bicyclic) bond motifs is 1. The molecule has 0 aliphatic carbocycles. The predicted octanol–water partition coefficient (Wildman–Crippen LogP) is 4.33. The summed E-state index contributed by atoms with van der Waals surface area (Å²) in [4.78, 5) is 21.7. The monoisotopic (exact) mass is 405 g/mol. The number of ether oxygens (including phenoxy) is 1. The lowest BCUT2D eigenvalue weighted by Crippen LogP contribution is -2.33. The third kappa shape index (κ3) is 5.19. The number of carbonyl (C=O) groups is 1. The van der Waals surface area contributed by atoms with Crippen LogP contribution in [0.5, 0.6) is 5.75 Å². The zero-order valence-corrected chi connectivity index (χ0v) is 17.3. The molecule has 0 atom stereocenters. The van der Waals surface area contributed by atoms with Crippen molar-refractivity contribution in [3.8, 4) is 5.75 Å². The number of methoxy groups -OCH3 is 1. The first kappa shape index (κ1) is 21.2. The van der Waals surface area contributed by atoms with E-state index in [1.165, 1.54) is 11.3 Å². The number of rotatable bonds is 7. The molecule has 1 heterocycles. The maximum atomic E-state index is 13.1. The Morgan fingerprint density at radius 2 is 1.85 bits per heavy atom. The summed E-state index contributed by atoms with van der Waals surface area (Å²) in [5.74, 6) is 0.748. The average Bonchev–Trinajstić information content (AvgIpc) is 3.07. The summed E-state index contributed by atoms with van der Waals surface area (Å²) in [5, 5.41) is 0.723. The van der Waals surface area contributed by atoms with E-state index in [1.807, 2.05) is 62.6 Å². The Bertz CT molecular complexity index is 883. The summed E-state index contributed by atoms with van der Waals surface area (Å²) in [5.41, 5.74) is 1.53. The van der Waals surface area contributed by atoms with E-state index < -0.39 is 0 Å². The van der Waals surface area contributed by atoms with Gasteiger partial charge in [0.1, 0.15) is 5.75 Å². The first-order valence-electron chi connectivity index (χ1n) is 8.54. The van der Waals surface area contributed by atoms with Crippen molar-refractivity contribution in [3.63, 3.8) is 0 Å². The van der Waals surface area contributed by atoms with Crippen molar-refractivity contribution < 1.29 is 9.53 Å². The first-order chi connectivity index (χ1) is 12.6. The second-order valence-electron chi connectivity index (χ2n) is 6.31. The number of hydrogen-bond acceptors (Lipinski definition) is 5. The molecule has 27 heavy (non-hydrogen) atoms. The van der Waals surface area contributed by atoms with Gasteiger partial charge in [0, 0.05) is 18.2 Å². The molecule has 0 N–H and O–H groups in total. The van der Waals surface area contributed by atoms with Crippen molar-refractivity contribution in [1.82, 2.24) is 9.88 Å². The second kappa shape index (κ2) is 9.69. The van der Waals surface area contributed by atoms with E-state index in [9.17, 15) is 4.79 Å². The highest BCUT2D eigenvalue weighted by Gasteiger charge is 2.21. The van der Waals surface area contributed by atoms with Crippen molar-refractivity contribution in [3.05, 3.63) is 54.1 Å². The van der Waals surface area contributed by atoms with E-state index >= 15 is 0 Å². The van der Waals surface area contributed by atoms with Crippen molar-refractivity contribution in [2.45, 2.75) is 6.42 Å². The molecule has 0 fully saturated rings. The zero-order chi connectivity index (χ0) is 18.5. The molecule has 1 aromatic heterocycles. The number of thiazole rings is 1. The average molecular weight is 406 g/mol. The van der Waals surface area contributed by atoms with Gasteiger partial charge in [0.05, 0.1) is 17.3 Å². The van der Waals surface area contributed by atoms with Gasteiger partial charge in [0.2, 0.25) is 0 Å². The van der Waals surface area contributed by atoms with Crippen LogP contribution in [-0.2, 0) is 0 Å². The van der Waals surface area contributed by atoms with E-state index in [1.54, 1.807) is 12.0 Å². The summed E-state index contributed by atoms with van der Waals surface area (Å²) < 4.78 is 6.32. The fraction of sp³-hybridized carbons (Fsp3) is 0.300. The predicted molar refractivity (Wildman–Crippen MR) is 115 cm³/mol. The molecule has 0 aliphatic heterocycles. The minimum atomic E-state index is -0.0182. The maximum absolute atomic E-state index is 13.1. The van der Waals surface area contributed by atoms with Gasteiger partial charge in [-0.3, -0.25) is 9.69 Å². The molecule has 144 valence electrons. The Balaban J connectivity index is 0.00000261. The van der Waals surface area contributed by atoms with Gasteiger partial charge in [0.25, 0.3) is 5.91 Å². The molecule has 5 nitrogen and oxygen atoms in total. The molecule has 0 unspecified atom stereocenters. The van der Waals surface area contributed by atoms with Gasteiger partial charge in [-0.2, -0.15) is 0 Å². The Hall–Kier alpha value is -2.15. The van der Waals surface area contributed by atoms with E-state index in [2.05, 4.69) is 4.90 Å². The van der Waals surface area contributed by atoms with Crippen LogP contribution in [0.15, 0.2) is 48.5 Å². The quantitative estimate of drug-likeness (QED) is 0.587. The van der Waals surface area contributed by atoms with Crippen LogP contribution in [0.4, 0.5) is 5.13 Å². The standard InChI is InChI=1S/C20H23N3O2S.ClH/c1-22(2)12-7-13-23(19(24)15-8-5-4-6-9-15)20-21-17-14-16(25-3)10-11-18(17)26-20;/h4-6,8-11,14H,7,12-13H2,1-3H3;1H. The highest BCUT2D eigenvalue weighted by Crippen LogP contribution is 2.32. The summed E-state index contributed by atoms with van der Waals surface area (Å²) >= 11 is 1.53. The third-order valence-corrected chi connectivity index (χ3v) is 5.13. The van der Waals surface area contributed by atoms with Crippen LogP contribution >= 0.6 is 23.7 Å². The van der Waals surface area contributed by atoms with Gasteiger partial charge in [0.15, 0.2) is 5.13 Å². The fourth-order valence-corrected chi connectivity index (χ4v) is 3.67. The van der Waals surface area contributed by atoms with Crippen molar-refractivity contribution in [2.75, 3.05) is 39.2 Å². The van der Waals surface area contributed by atoms with Crippen LogP contribution in [0, 0.1) is 0 Å². The number of anilines is 1. The van der Waals surface area contributed by atoms with Crippen molar-refractivity contribution in [2.24, 2.45) is 0 Å². The molecule has 0 saturated heterocycles. The zero-order valence-electron chi connectivity index (χ0n) is 15.7. The Kier molecular flexibility index (Phi) is 7.59. The molecule has 0 spiro atoms. The van der Waals surface area contributed by atoms with E-state index in [4.69, 9.17) is 9.72 Å². The van der Waals surface area contributed by atoms with Crippen LogP contribution < -0.4 is 9.64 Å². The van der Waals surface area contributed by atoms with E-state index in [0.717, 1.165) is 34.1 Å². The summed E-state index contributed by atoms with van der Waals surface area (Å²) in [6.45, 7) is 1.54. The third-order valence-electron chi connectivity index (χ3n) is 4.07. The van der Waals surface area contributed by atoms with Crippen LogP contribution in [0.25, 0.3) is 10.2 Å². The fourth-order valence-electron chi connectivity index (χ4n) is 2.70. The van der Waals surface area contributed by atoms with Crippen molar-refractivity contribution >= 4 is 45.0 Å². The number of hydrogen-bond donors (Lipinski definition) is 0. The molecule has 7 heteroatoms. The Morgan fingerprint density at radius 3 is 2.52 bits per heavy atom. The van der Waals surface area contributed by atoms with Crippen LogP contribution in [0.2, 0.25) is 0 Å². The summed E-state index contributed by atoms with van der Waals surface area (Å²) in [6.07, 6.45) is 0.880. The number of aromatic nitrogens is 1. The highest BCUT2D eigenvalue weighted by atomic mass is 35.5. The number of halogens is 1. The van der Waals surface area contributed by atoms with E-state index in [-0.39, 0.29) is 18.3 Å². The van der Waals surface area contributed by atoms with Crippen LogP contribution in [-0.4, -0.2) is 50.1 Å². The molecule has 0 radical (unpaired) electrons. The Labute approximate surface area is 170 Å². The number of carbonyl (C=O) groups excluding carboxylic acids is 1. The largest absolute Gasteiger partial charge is 0.497 e. The van der Waals surface area contributed by atoms with E-state index in [0.29, 0.717) is 12.1 Å². The van der Waals surface area contributed by atoms with Gasteiger partial charge in [-0.1, -0.05) is 29.5 Å². The molecule has 0 saturated carbocycles. The minimum absolute atomic E-state index is 0. The van der Waals surface area contributed by atoms with Gasteiger partial charge >= 0.3 is 0 Å². The number of nitrogens with zero attached hydrogens (tertiary/aromatic N) is 3.